The molecule has 33 heavy (non-hydrogen) atoms. The van der Waals surface area contributed by atoms with Crippen LogP contribution in [0.25, 0.3) is 5.57 Å². The van der Waals surface area contributed by atoms with E-state index in [-0.39, 0.29) is 17.6 Å². The van der Waals surface area contributed by atoms with Crippen LogP contribution in [-0.2, 0) is 6.42 Å². The zero-order valence-corrected chi connectivity index (χ0v) is 18.5. The molecule has 0 spiro atoms. The van der Waals surface area contributed by atoms with Crippen molar-refractivity contribution in [1.82, 2.24) is 4.90 Å². The highest BCUT2D eigenvalue weighted by Gasteiger charge is 2.31. The number of nitrogen functional groups attached to an aromatic ring is 1. The minimum Gasteiger partial charge on any atom is -0.406 e. The monoisotopic (exact) mass is 461 g/mol. The number of anilines is 2. The molecule has 4 rings (SSSR count). The highest BCUT2D eigenvalue weighted by atomic mass is 19.4. The zero-order valence-electron chi connectivity index (χ0n) is 18.5. The zero-order chi connectivity index (χ0) is 23.8. The lowest BCUT2D eigenvalue weighted by Gasteiger charge is -2.40. The van der Waals surface area contributed by atoms with Crippen molar-refractivity contribution in [2.24, 2.45) is 0 Å². The average molecular weight is 462 g/mol. The number of fused-ring (bicyclic) bond motifs is 1. The van der Waals surface area contributed by atoms with E-state index in [9.17, 15) is 17.6 Å². The Hall–Kier alpha value is -3.00. The van der Waals surface area contributed by atoms with Crippen molar-refractivity contribution in [3.8, 4) is 5.75 Å². The summed E-state index contributed by atoms with van der Waals surface area (Å²) in [5, 5.41) is 0. The van der Waals surface area contributed by atoms with Crippen molar-refractivity contribution in [1.29, 1.82) is 0 Å². The van der Waals surface area contributed by atoms with Gasteiger partial charge < -0.3 is 15.4 Å². The molecule has 0 amide bonds. The maximum atomic E-state index is 13.8. The predicted octanol–water partition coefficient (Wildman–Crippen LogP) is 5.75. The summed E-state index contributed by atoms with van der Waals surface area (Å²) in [7, 11) is 0. The molecule has 1 atom stereocenters. The normalized spacial score (nSPS) is 19.1. The van der Waals surface area contributed by atoms with Crippen molar-refractivity contribution in [3.05, 3.63) is 71.7 Å². The Kier molecular flexibility index (Phi) is 6.38. The molecular weight excluding hydrogens is 434 g/mol. The second-order valence-corrected chi connectivity index (χ2v) is 8.61. The lowest BCUT2D eigenvalue weighted by atomic mass is 9.94. The first-order valence-electron chi connectivity index (χ1n) is 10.9. The van der Waals surface area contributed by atoms with Crippen LogP contribution >= 0.6 is 0 Å². The van der Waals surface area contributed by atoms with Gasteiger partial charge in [0.05, 0.1) is 11.4 Å². The minimum atomic E-state index is -4.69. The molecule has 0 saturated carbocycles. The van der Waals surface area contributed by atoms with Gasteiger partial charge in [-0.3, -0.25) is 4.90 Å². The average Bonchev–Trinajstić information content (AvgIpc) is 2.74. The fourth-order valence-electron chi connectivity index (χ4n) is 4.67. The first-order valence-corrected chi connectivity index (χ1v) is 10.9. The van der Waals surface area contributed by atoms with Crippen LogP contribution < -0.4 is 15.4 Å². The summed E-state index contributed by atoms with van der Waals surface area (Å²) >= 11 is 0. The van der Waals surface area contributed by atoms with E-state index in [0.29, 0.717) is 18.8 Å². The summed E-state index contributed by atoms with van der Waals surface area (Å²) in [6.45, 7) is 8.56. The van der Waals surface area contributed by atoms with E-state index in [1.807, 2.05) is 0 Å². The Bertz CT molecular complexity index is 1060. The Balaban J connectivity index is 1.42. The highest BCUT2D eigenvalue weighted by Crippen LogP contribution is 2.39. The molecule has 2 aromatic carbocycles. The van der Waals surface area contributed by atoms with Gasteiger partial charge in [0.25, 0.3) is 0 Å². The molecule has 2 heterocycles. The van der Waals surface area contributed by atoms with Crippen LogP contribution in [0.5, 0.6) is 5.75 Å². The number of alkyl halides is 3. The van der Waals surface area contributed by atoms with Gasteiger partial charge >= 0.3 is 6.36 Å². The van der Waals surface area contributed by atoms with Crippen LogP contribution in [0.3, 0.4) is 0 Å². The molecule has 0 aromatic heterocycles. The molecule has 0 fully saturated rings. The fourth-order valence-corrected chi connectivity index (χ4v) is 4.67. The van der Waals surface area contributed by atoms with Crippen molar-refractivity contribution in [3.63, 3.8) is 0 Å². The van der Waals surface area contributed by atoms with Crippen LogP contribution in [0.4, 0.5) is 28.9 Å². The minimum absolute atomic E-state index is 0.214. The van der Waals surface area contributed by atoms with E-state index in [1.165, 1.54) is 18.2 Å². The fraction of sp³-hybridized carbons (Fsp3) is 0.360. The smallest absolute Gasteiger partial charge is 0.406 e. The lowest BCUT2D eigenvalue weighted by molar-refractivity contribution is -0.274. The Morgan fingerprint density at radius 2 is 1.91 bits per heavy atom. The second kappa shape index (κ2) is 9.09. The molecule has 2 aromatic rings. The molecule has 176 valence electrons. The van der Waals surface area contributed by atoms with Gasteiger partial charge in [-0.2, -0.15) is 0 Å². The van der Waals surface area contributed by atoms with Gasteiger partial charge in [-0.05, 0) is 67.2 Å². The summed E-state index contributed by atoms with van der Waals surface area (Å²) in [5.41, 5.74) is 11.3. The van der Waals surface area contributed by atoms with Crippen LogP contribution in [0.2, 0.25) is 0 Å². The first-order chi connectivity index (χ1) is 15.6. The number of nitrogens with zero attached hydrogens (tertiary/aromatic N) is 2. The van der Waals surface area contributed by atoms with Gasteiger partial charge in [0.2, 0.25) is 0 Å². The Labute approximate surface area is 190 Å². The number of ether oxygens (including phenoxy) is 1. The highest BCUT2D eigenvalue weighted by molar-refractivity contribution is 5.75. The number of halogens is 4. The van der Waals surface area contributed by atoms with Gasteiger partial charge in [-0.1, -0.05) is 24.8 Å². The van der Waals surface area contributed by atoms with E-state index >= 15 is 0 Å². The number of aryl methyl sites for hydroxylation is 1. The maximum absolute atomic E-state index is 13.8. The van der Waals surface area contributed by atoms with Crippen LogP contribution in [-0.4, -0.2) is 36.9 Å². The van der Waals surface area contributed by atoms with Crippen LogP contribution in [0, 0.1) is 5.82 Å². The Morgan fingerprint density at radius 3 is 2.55 bits per heavy atom. The SMILES string of the molecule is C=C(CN1CC=C(c2ccc(OC(F)(F)F)cc2)CC1)N1c2c(N)cc(F)cc2CCC1C. The van der Waals surface area contributed by atoms with E-state index in [4.69, 9.17) is 5.73 Å². The molecule has 0 saturated heterocycles. The summed E-state index contributed by atoms with van der Waals surface area (Å²) < 4.78 is 54.8. The number of hydrogen-bond donors (Lipinski definition) is 1. The van der Waals surface area contributed by atoms with Gasteiger partial charge in [0.1, 0.15) is 11.6 Å². The van der Waals surface area contributed by atoms with Crippen LogP contribution in [0.15, 0.2) is 54.8 Å². The molecule has 4 nitrogen and oxygen atoms in total. The largest absolute Gasteiger partial charge is 0.573 e. The summed E-state index contributed by atoms with van der Waals surface area (Å²) in [6.07, 6.45) is -0.155. The summed E-state index contributed by atoms with van der Waals surface area (Å²) in [4.78, 5) is 4.39. The number of benzene rings is 2. The third kappa shape index (κ3) is 5.33. The van der Waals surface area contributed by atoms with Gasteiger partial charge in [-0.15, -0.1) is 13.2 Å². The molecular formula is C25H27F4N3O. The standard InChI is InChI=1S/C25H27F4N3O/c1-16-3-4-20-13-21(26)14-23(30)24(20)32(16)17(2)15-31-11-9-19(10-12-31)18-5-7-22(8-6-18)33-25(27,28)29/h5-9,13-14,16H,2-4,10-12,15,30H2,1H3. The maximum Gasteiger partial charge on any atom is 0.573 e. The Morgan fingerprint density at radius 1 is 1.18 bits per heavy atom. The second-order valence-electron chi connectivity index (χ2n) is 8.61. The lowest BCUT2D eigenvalue weighted by Crippen LogP contribution is -2.42. The number of hydrogen-bond acceptors (Lipinski definition) is 4. The molecule has 1 unspecified atom stereocenters. The molecule has 2 aliphatic heterocycles. The van der Waals surface area contributed by atoms with Crippen molar-refractivity contribution in [2.75, 3.05) is 30.3 Å². The molecule has 0 aliphatic carbocycles. The van der Waals surface area contributed by atoms with E-state index < -0.39 is 6.36 Å². The quantitative estimate of drug-likeness (QED) is 0.455. The topological polar surface area (TPSA) is 41.7 Å². The number of nitrogens with two attached hydrogens (primary N) is 1. The van der Waals surface area contributed by atoms with E-state index in [1.54, 1.807) is 18.2 Å². The summed E-state index contributed by atoms with van der Waals surface area (Å²) in [6, 6.07) is 9.09. The van der Waals surface area contributed by atoms with E-state index in [0.717, 1.165) is 53.9 Å². The van der Waals surface area contributed by atoms with Gasteiger partial charge in [0.15, 0.2) is 0 Å². The molecule has 0 radical (unpaired) electrons. The predicted molar refractivity (Wildman–Crippen MR) is 122 cm³/mol. The van der Waals surface area contributed by atoms with Crippen molar-refractivity contribution >= 4 is 16.9 Å². The molecule has 0 bridgehead atoms. The first kappa shape index (κ1) is 23.2. The van der Waals surface area contributed by atoms with Gasteiger partial charge in [0, 0.05) is 31.4 Å². The number of rotatable bonds is 5. The van der Waals surface area contributed by atoms with Crippen molar-refractivity contribution in [2.45, 2.75) is 38.6 Å². The molecule has 2 aliphatic rings. The van der Waals surface area contributed by atoms with E-state index in [2.05, 4.69) is 34.1 Å². The third-order valence-electron chi connectivity index (χ3n) is 6.19. The summed E-state index contributed by atoms with van der Waals surface area (Å²) in [5.74, 6) is -0.547. The third-order valence-corrected chi connectivity index (χ3v) is 6.19. The van der Waals surface area contributed by atoms with Crippen molar-refractivity contribution < 1.29 is 22.3 Å². The van der Waals surface area contributed by atoms with Crippen LogP contribution in [0.1, 0.15) is 30.9 Å². The molecule has 8 heteroatoms. The molecule has 2 N–H and O–H groups in total. The van der Waals surface area contributed by atoms with Gasteiger partial charge in [-0.25, -0.2) is 4.39 Å².